The highest BCUT2D eigenvalue weighted by Gasteiger charge is 2.33. The fourth-order valence-electron chi connectivity index (χ4n) is 1.60. The van der Waals surface area contributed by atoms with E-state index in [2.05, 4.69) is 10.3 Å². The maximum absolute atomic E-state index is 12.8. The van der Waals surface area contributed by atoms with Crippen LogP contribution in [0.4, 0.5) is 18.9 Å². The van der Waals surface area contributed by atoms with E-state index in [0.717, 1.165) is 11.1 Å². The molecule has 0 spiro atoms. The van der Waals surface area contributed by atoms with Crippen LogP contribution < -0.4 is 5.32 Å². The summed E-state index contributed by atoms with van der Waals surface area (Å²) in [7, 11) is 0. The fourth-order valence-corrected chi connectivity index (χ4v) is 2.25. The van der Waals surface area contributed by atoms with Crippen LogP contribution in [0.1, 0.15) is 23.5 Å². The lowest BCUT2D eigenvalue weighted by Gasteiger charge is -2.17. The zero-order valence-electron chi connectivity index (χ0n) is 9.53. The van der Waals surface area contributed by atoms with Crippen molar-refractivity contribution in [2.45, 2.75) is 19.1 Å². The van der Waals surface area contributed by atoms with E-state index in [4.69, 9.17) is 0 Å². The van der Waals surface area contributed by atoms with Crippen molar-refractivity contribution in [3.63, 3.8) is 0 Å². The van der Waals surface area contributed by atoms with Gasteiger partial charge < -0.3 is 5.32 Å². The van der Waals surface area contributed by atoms with Crippen LogP contribution in [0, 0.1) is 0 Å². The summed E-state index contributed by atoms with van der Waals surface area (Å²) in [5, 5.41) is 5.40. The second-order valence-electron chi connectivity index (χ2n) is 3.78. The molecule has 1 atom stereocenters. The largest absolute Gasteiger partial charge is 0.418 e. The molecule has 2 nitrogen and oxygen atoms in total. The number of nitrogens with one attached hydrogen (secondary N) is 1. The molecule has 0 aliphatic heterocycles. The van der Waals surface area contributed by atoms with Gasteiger partial charge in [-0.1, -0.05) is 12.1 Å². The Bertz CT molecular complexity index is 508. The molecule has 1 unspecified atom stereocenters. The molecule has 6 heteroatoms. The van der Waals surface area contributed by atoms with Crippen molar-refractivity contribution in [3.05, 3.63) is 46.4 Å². The van der Waals surface area contributed by atoms with Gasteiger partial charge in [-0.3, -0.25) is 0 Å². The van der Waals surface area contributed by atoms with Gasteiger partial charge in [-0.15, -0.1) is 11.3 Å². The van der Waals surface area contributed by atoms with Crippen molar-refractivity contribution < 1.29 is 13.2 Å². The topological polar surface area (TPSA) is 24.9 Å². The molecule has 1 heterocycles. The summed E-state index contributed by atoms with van der Waals surface area (Å²) in [6.45, 7) is 1.78. The van der Waals surface area contributed by atoms with Crippen LogP contribution >= 0.6 is 11.3 Å². The Balaban J connectivity index is 2.24. The summed E-state index contributed by atoms with van der Waals surface area (Å²) in [6, 6.07) is 5.19. The van der Waals surface area contributed by atoms with Gasteiger partial charge in [0.15, 0.2) is 0 Å². The van der Waals surface area contributed by atoms with Crippen LogP contribution in [-0.2, 0) is 6.18 Å². The molecular formula is C12H11F3N2S. The first-order valence-corrected chi connectivity index (χ1v) is 6.18. The molecule has 0 saturated heterocycles. The quantitative estimate of drug-likeness (QED) is 0.899. The third-order valence-electron chi connectivity index (χ3n) is 2.43. The molecule has 2 rings (SSSR count). The molecule has 0 saturated carbocycles. The molecule has 0 aliphatic rings. The van der Waals surface area contributed by atoms with Crippen molar-refractivity contribution in [1.82, 2.24) is 4.98 Å². The van der Waals surface area contributed by atoms with Crippen molar-refractivity contribution >= 4 is 17.0 Å². The molecule has 1 aromatic heterocycles. The van der Waals surface area contributed by atoms with E-state index in [0.29, 0.717) is 0 Å². The monoisotopic (exact) mass is 272 g/mol. The Kier molecular flexibility index (Phi) is 3.56. The molecule has 0 aliphatic carbocycles. The molecule has 0 amide bonds. The molecular weight excluding hydrogens is 261 g/mol. The second kappa shape index (κ2) is 4.97. The predicted molar refractivity (Wildman–Crippen MR) is 65.6 cm³/mol. The smallest absolute Gasteiger partial charge is 0.376 e. The third-order valence-corrected chi connectivity index (χ3v) is 3.38. The Labute approximate surface area is 106 Å². The summed E-state index contributed by atoms with van der Waals surface area (Å²) in [5.74, 6) is 0. The molecule has 2 aromatic rings. The SMILES string of the molecule is CC(Nc1ccccc1C(F)(F)F)c1nccs1. The van der Waals surface area contributed by atoms with Crippen molar-refractivity contribution in [1.29, 1.82) is 0 Å². The number of benzene rings is 1. The van der Waals surface area contributed by atoms with Gasteiger partial charge in [0.25, 0.3) is 0 Å². The average molecular weight is 272 g/mol. The summed E-state index contributed by atoms with van der Waals surface area (Å²) in [4.78, 5) is 4.08. The number of aromatic nitrogens is 1. The first kappa shape index (κ1) is 12.9. The number of thiazole rings is 1. The molecule has 1 aromatic carbocycles. The molecule has 0 fully saturated rings. The summed E-state index contributed by atoms with van der Waals surface area (Å²) in [5.41, 5.74) is -0.582. The minimum atomic E-state index is -4.35. The Morgan fingerprint density at radius 2 is 2.00 bits per heavy atom. The molecule has 0 bridgehead atoms. The van der Waals surface area contributed by atoms with E-state index in [-0.39, 0.29) is 11.7 Å². The lowest BCUT2D eigenvalue weighted by molar-refractivity contribution is -0.137. The second-order valence-corrected chi connectivity index (χ2v) is 4.71. The van der Waals surface area contributed by atoms with Gasteiger partial charge in [-0.2, -0.15) is 13.2 Å². The number of anilines is 1. The highest BCUT2D eigenvalue weighted by atomic mass is 32.1. The summed E-state index contributed by atoms with van der Waals surface area (Å²) in [6.07, 6.45) is -2.72. The zero-order chi connectivity index (χ0) is 13.2. The van der Waals surface area contributed by atoms with Gasteiger partial charge in [0, 0.05) is 17.3 Å². The van der Waals surface area contributed by atoms with Crippen molar-refractivity contribution in [3.8, 4) is 0 Å². The maximum atomic E-state index is 12.8. The number of nitrogens with zero attached hydrogens (tertiary/aromatic N) is 1. The van der Waals surface area contributed by atoms with Gasteiger partial charge in [0.2, 0.25) is 0 Å². The lowest BCUT2D eigenvalue weighted by atomic mass is 10.1. The van der Waals surface area contributed by atoms with Crippen LogP contribution in [-0.4, -0.2) is 4.98 Å². The van der Waals surface area contributed by atoms with Crippen molar-refractivity contribution in [2.24, 2.45) is 0 Å². The van der Waals surface area contributed by atoms with Gasteiger partial charge in [0.05, 0.1) is 11.6 Å². The fraction of sp³-hybridized carbons (Fsp3) is 0.250. The van der Waals surface area contributed by atoms with Gasteiger partial charge >= 0.3 is 6.18 Å². The van der Waals surface area contributed by atoms with Crippen LogP contribution in [0.5, 0.6) is 0 Å². The van der Waals surface area contributed by atoms with E-state index in [1.807, 2.05) is 0 Å². The Morgan fingerprint density at radius 3 is 2.61 bits per heavy atom. The van der Waals surface area contributed by atoms with E-state index in [1.54, 1.807) is 24.6 Å². The molecule has 18 heavy (non-hydrogen) atoms. The van der Waals surface area contributed by atoms with Crippen LogP contribution in [0.3, 0.4) is 0 Å². The minimum absolute atomic E-state index is 0.0766. The van der Waals surface area contributed by atoms with Crippen LogP contribution in [0.15, 0.2) is 35.8 Å². The number of hydrogen-bond donors (Lipinski definition) is 1. The average Bonchev–Trinajstić information content (AvgIpc) is 2.81. The molecule has 0 radical (unpaired) electrons. The number of para-hydroxylation sites is 1. The first-order valence-electron chi connectivity index (χ1n) is 5.30. The third kappa shape index (κ3) is 2.81. The van der Waals surface area contributed by atoms with Crippen LogP contribution in [0.2, 0.25) is 0 Å². The Morgan fingerprint density at radius 1 is 1.28 bits per heavy atom. The summed E-state index contributed by atoms with van der Waals surface area (Å²) < 4.78 is 38.4. The summed E-state index contributed by atoms with van der Waals surface area (Å²) >= 11 is 1.41. The highest BCUT2D eigenvalue weighted by molar-refractivity contribution is 7.09. The lowest BCUT2D eigenvalue weighted by Crippen LogP contribution is -2.13. The van der Waals surface area contributed by atoms with Gasteiger partial charge in [-0.25, -0.2) is 4.98 Å². The van der Waals surface area contributed by atoms with E-state index >= 15 is 0 Å². The number of hydrogen-bond acceptors (Lipinski definition) is 3. The molecule has 96 valence electrons. The highest BCUT2D eigenvalue weighted by Crippen LogP contribution is 2.36. The Hall–Kier alpha value is -1.56. The van der Waals surface area contributed by atoms with Crippen LogP contribution in [0.25, 0.3) is 0 Å². The van der Waals surface area contributed by atoms with Gasteiger partial charge in [-0.05, 0) is 19.1 Å². The zero-order valence-corrected chi connectivity index (χ0v) is 10.3. The van der Waals surface area contributed by atoms with E-state index < -0.39 is 11.7 Å². The number of rotatable bonds is 3. The van der Waals surface area contributed by atoms with Crippen molar-refractivity contribution in [2.75, 3.05) is 5.32 Å². The minimum Gasteiger partial charge on any atom is -0.376 e. The van der Waals surface area contributed by atoms with Gasteiger partial charge in [0.1, 0.15) is 5.01 Å². The maximum Gasteiger partial charge on any atom is 0.418 e. The molecule has 1 N–H and O–H groups in total. The normalized spacial score (nSPS) is 13.3. The van der Waals surface area contributed by atoms with E-state index in [1.165, 1.54) is 23.5 Å². The predicted octanol–water partition coefficient (Wildman–Crippen LogP) is 4.34. The van der Waals surface area contributed by atoms with E-state index in [9.17, 15) is 13.2 Å². The standard InChI is InChI=1S/C12H11F3N2S/c1-8(11-16-6-7-18-11)17-10-5-3-2-4-9(10)12(13,14)15/h2-8,17H,1H3. The first-order chi connectivity index (χ1) is 8.48. The number of halogens is 3. The number of alkyl halides is 3.